The minimum Gasteiger partial charge on any atom is -0.497 e. The second-order valence-corrected chi connectivity index (χ2v) is 7.48. The van der Waals surface area contributed by atoms with Crippen LogP contribution in [0.2, 0.25) is 0 Å². The van der Waals surface area contributed by atoms with E-state index in [1.165, 1.54) is 11.8 Å². The number of carbonyl (C=O) groups is 1. The highest BCUT2D eigenvalue weighted by Crippen LogP contribution is 2.25. The first-order chi connectivity index (χ1) is 13.1. The van der Waals surface area contributed by atoms with E-state index in [1.54, 1.807) is 7.11 Å². The molecule has 3 rings (SSSR count). The van der Waals surface area contributed by atoms with Crippen molar-refractivity contribution in [1.29, 1.82) is 0 Å². The van der Waals surface area contributed by atoms with Crippen molar-refractivity contribution in [1.82, 2.24) is 14.8 Å². The Morgan fingerprint density at radius 1 is 1.22 bits per heavy atom. The van der Waals surface area contributed by atoms with Crippen molar-refractivity contribution in [2.75, 3.05) is 18.2 Å². The van der Waals surface area contributed by atoms with Gasteiger partial charge in [-0.3, -0.25) is 4.79 Å². The van der Waals surface area contributed by atoms with Gasteiger partial charge in [-0.05, 0) is 49.4 Å². The van der Waals surface area contributed by atoms with Gasteiger partial charge in [-0.25, -0.2) is 0 Å². The Labute approximate surface area is 170 Å². The number of thioether (sulfide) groups is 1. The first-order valence-corrected chi connectivity index (χ1v) is 10.1. The van der Waals surface area contributed by atoms with E-state index in [2.05, 4.69) is 31.4 Å². The van der Waals surface area contributed by atoms with E-state index < -0.39 is 0 Å². The Bertz CT molecular complexity index is 928. The van der Waals surface area contributed by atoms with Crippen molar-refractivity contribution in [2.45, 2.75) is 18.6 Å². The van der Waals surface area contributed by atoms with Crippen molar-refractivity contribution in [2.24, 2.45) is 0 Å². The standard InChI is InChI=1S/C19H19BrN4O2S/c1-3-24-18(13-7-9-16(26-2)10-8-13)22-23-19(24)27-12-17(25)21-15-6-4-5-14(20)11-15/h4-11H,3,12H2,1-2H3,(H,21,25). The number of carbonyl (C=O) groups excluding carboxylic acids is 1. The van der Waals surface area contributed by atoms with Crippen molar-refractivity contribution >= 4 is 39.3 Å². The smallest absolute Gasteiger partial charge is 0.234 e. The van der Waals surface area contributed by atoms with Crippen LogP contribution in [0.15, 0.2) is 58.2 Å². The highest BCUT2D eigenvalue weighted by molar-refractivity contribution is 9.10. The van der Waals surface area contributed by atoms with Gasteiger partial charge in [0.1, 0.15) is 5.75 Å². The van der Waals surface area contributed by atoms with Crippen LogP contribution in [0.4, 0.5) is 5.69 Å². The van der Waals surface area contributed by atoms with Crippen molar-refractivity contribution in [3.63, 3.8) is 0 Å². The maximum absolute atomic E-state index is 12.2. The summed E-state index contributed by atoms with van der Waals surface area (Å²) in [4.78, 5) is 12.2. The van der Waals surface area contributed by atoms with E-state index in [-0.39, 0.29) is 11.7 Å². The van der Waals surface area contributed by atoms with E-state index in [4.69, 9.17) is 4.74 Å². The van der Waals surface area contributed by atoms with Crippen molar-refractivity contribution < 1.29 is 9.53 Å². The number of nitrogens with zero attached hydrogens (tertiary/aromatic N) is 3. The molecule has 3 aromatic rings. The van der Waals surface area contributed by atoms with Crippen LogP contribution in [0.25, 0.3) is 11.4 Å². The van der Waals surface area contributed by atoms with Crippen LogP contribution < -0.4 is 10.1 Å². The third-order valence-corrected chi connectivity index (χ3v) is 5.28. The minimum atomic E-state index is -0.0882. The van der Waals surface area contributed by atoms with Crippen LogP contribution in [0.1, 0.15) is 6.92 Å². The Hall–Kier alpha value is -2.32. The number of rotatable bonds is 7. The summed E-state index contributed by atoms with van der Waals surface area (Å²) in [6.07, 6.45) is 0. The average Bonchev–Trinajstić information content (AvgIpc) is 3.09. The molecule has 0 saturated carbocycles. The van der Waals surface area contributed by atoms with Gasteiger partial charge in [0, 0.05) is 22.3 Å². The summed E-state index contributed by atoms with van der Waals surface area (Å²) in [6, 6.07) is 15.2. The van der Waals surface area contributed by atoms with Crippen LogP contribution in [-0.2, 0) is 11.3 Å². The van der Waals surface area contributed by atoms with Crippen LogP contribution in [0.5, 0.6) is 5.75 Å². The van der Waals surface area contributed by atoms with E-state index in [0.29, 0.717) is 11.7 Å². The topological polar surface area (TPSA) is 69.0 Å². The summed E-state index contributed by atoms with van der Waals surface area (Å²) in [5.74, 6) is 1.73. The molecule has 2 aromatic carbocycles. The number of hydrogen-bond donors (Lipinski definition) is 1. The lowest BCUT2D eigenvalue weighted by atomic mass is 10.2. The zero-order valence-corrected chi connectivity index (χ0v) is 17.4. The molecule has 0 bridgehead atoms. The lowest BCUT2D eigenvalue weighted by Gasteiger charge is -2.08. The Kier molecular flexibility index (Phi) is 6.52. The summed E-state index contributed by atoms with van der Waals surface area (Å²) in [5, 5.41) is 12.2. The number of aromatic nitrogens is 3. The number of ether oxygens (including phenoxy) is 1. The molecule has 0 aliphatic rings. The van der Waals surface area contributed by atoms with Crippen LogP contribution >= 0.6 is 27.7 Å². The molecule has 0 unspecified atom stereocenters. The quantitative estimate of drug-likeness (QED) is 0.542. The molecular weight excluding hydrogens is 428 g/mol. The molecule has 0 spiro atoms. The van der Waals surface area contributed by atoms with Gasteiger partial charge in [0.25, 0.3) is 0 Å². The molecule has 1 heterocycles. The average molecular weight is 447 g/mol. The molecule has 8 heteroatoms. The molecule has 0 saturated heterocycles. The molecule has 6 nitrogen and oxygen atoms in total. The molecule has 0 fully saturated rings. The largest absolute Gasteiger partial charge is 0.497 e. The predicted molar refractivity (Wildman–Crippen MR) is 111 cm³/mol. The zero-order valence-electron chi connectivity index (χ0n) is 15.0. The first kappa shape index (κ1) is 19.4. The fraction of sp³-hybridized carbons (Fsp3) is 0.211. The maximum atomic E-state index is 12.2. The number of methoxy groups -OCH3 is 1. The molecule has 140 valence electrons. The lowest BCUT2D eigenvalue weighted by molar-refractivity contribution is -0.113. The molecule has 0 aliphatic carbocycles. The van der Waals surface area contributed by atoms with Crippen molar-refractivity contribution in [3.05, 3.63) is 53.0 Å². The highest BCUT2D eigenvalue weighted by Gasteiger charge is 2.15. The Morgan fingerprint density at radius 2 is 2.00 bits per heavy atom. The SMILES string of the molecule is CCn1c(SCC(=O)Nc2cccc(Br)c2)nnc1-c1ccc(OC)cc1. The van der Waals surface area contributed by atoms with E-state index in [1.807, 2.05) is 60.0 Å². The maximum Gasteiger partial charge on any atom is 0.234 e. The minimum absolute atomic E-state index is 0.0882. The van der Waals surface area contributed by atoms with Crippen LogP contribution in [0, 0.1) is 0 Å². The number of hydrogen-bond acceptors (Lipinski definition) is 5. The number of amides is 1. The Balaban J connectivity index is 1.68. The monoisotopic (exact) mass is 446 g/mol. The van der Waals surface area contributed by atoms with Gasteiger partial charge in [-0.2, -0.15) is 0 Å². The second kappa shape index (κ2) is 9.05. The normalized spacial score (nSPS) is 10.6. The molecule has 0 radical (unpaired) electrons. The summed E-state index contributed by atoms with van der Waals surface area (Å²) in [5.41, 5.74) is 1.71. The van der Waals surface area contributed by atoms with E-state index >= 15 is 0 Å². The van der Waals surface area contributed by atoms with Gasteiger partial charge in [-0.15, -0.1) is 10.2 Å². The van der Waals surface area contributed by atoms with Crippen molar-refractivity contribution in [3.8, 4) is 17.1 Å². The second-order valence-electron chi connectivity index (χ2n) is 5.63. The summed E-state index contributed by atoms with van der Waals surface area (Å²) < 4.78 is 8.11. The number of anilines is 1. The fourth-order valence-corrected chi connectivity index (χ4v) is 3.73. The third-order valence-electron chi connectivity index (χ3n) is 3.82. The molecular formula is C19H19BrN4O2S. The zero-order chi connectivity index (χ0) is 19.2. The molecule has 27 heavy (non-hydrogen) atoms. The fourth-order valence-electron chi connectivity index (χ4n) is 2.53. The molecule has 0 aliphatic heterocycles. The number of nitrogens with one attached hydrogen (secondary N) is 1. The van der Waals surface area contributed by atoms with Gasteiger partial charge >= 0.3 is 0 Å². The number of benzene rings is 2. The summed E-state index contributed by atoms with van der Waals surface area (Å²) >= 11 is 4.76. The lowest BCUT2D eigenvalue weighted by Crippen LogP contribution is -2.14. The molecule has 1 N–H and O–H groups in total. The van der Waals surface area contributed by atoms with Gasteiger partial charge in [0.2, 0.25) is 5.91 Å². The Morgan fingerprint density at radius 3 is 2.67 bits per heavy atom. The molecule has 0 atom stereocenters. The number of halogens is 1. The van der Waals surface area contributed by atoms with Gasteiger partial charge in [0.15, 0.2) is 11.0 Å². The highest BCUT2D eigenvalue weighted by atomic mass is 79.9. The van der Waals surface area contributed by atoms with Gasteiger partial charge in [0.05, 0.1) is 12.9 Å². The van der Waals surface area contributed by atoms with Crippen LogP contribution in [0.3, 0.4) is 0 Å². The molecule has 1 amide bonds. The third kappa shape index (κ3) is 4.90. The molecule has 1 aromatic heterocycles. The van der Waals surface area contributed by atoms with E-state index in [9.17, 15) is 4.79 Å². The van der Waals surface area contributed by atoms with Crippen LogP contribution in [-0.4, -0.2) is 33.5 Å². The predicted octanol–water partition coefficient (Wildman–Crippen LogP) is 4.47. The summed E-state index contributed by atoms with van der Waals surface area (Å²) in [6.45, 7) is 2.74. The van der Waals surface area contributed by atoms with E-state index in [0.717, 1.165) is 27.3 Å². The van der Waals surface area contributed by atoms with Gasteiger partial charge in [-0.1, -0.05) is 33.8 Å². The van der Waals surface area contributed by atoms with Gasteiger partial charge < -0.3 is 14.6 Å². The first-order valence-electron chi connectivity index (χ1n) is 8.36. The summed E-state index contributed by atoms with van der Waals surface area (Å²) in [7, 11) is 1.64.